The van der Waals surface area contributed by atoms with Crippen molar-refractivity contribution in [1.82, 2.24) is 0 Å². The molecule has 1 nitrogen and oxygen atoms in total. The van der Waals surface area contributed by atoms with Gasteiger partial charge in [0, 0.05) is 17.3 Å². The van der Waals surface area contributed by atoms with Crippen molar-refractivity contribution >= 4 is 33.3 Å². The van der Waals surface area contributed by atoms with Gasteiger partial charge >= 0.3 is 0 Å². The van der Waals surface area contributed by atoms with Crippen molar-refractivity contribution in [3.05, 3.63) is 34.9 Å². The third kappa shape index (κ3) is 3.25. The lowest BCUT2D eigenvalue weighted by atomic mass is 9.98. The molecule has 0 saturated heterocycles. The molecule has 1 rings (SSSR count). The normalized spacial score (nSPS) is 10.8. The highest BCUT2D eigenvalue weighted by Crippen LogP contribution is 2.27. The van der Waals surface area contributed by atoms with Crippen molar-refractivity contribution < 1.29 is 13.6 Å². The van der Waals surface area contributed by atoms with Crippen LogP contribution < -0.4 is 0 Å². The molecule has 1 aromatic carbocycles. The molecule has 0 spiro atoms. The van der Waals surface area contributed by atoms with Crippen molar-refractivity contribution in [2.24, 2.45) is 0 Å². The summed E-state index contributed by atoms with van der Waals surface area (Å²) < 4.78 is 25.5. The first kappa shape index (κ1) is 13.6. The molecule has 16 heavy (non-hydrogen) atoms. The Kier molecular flexibility index (Phi) is 5.35. The van der Waals surface area contributed by atoms with Gasteiger partial charge in [0.1, 0.15) is 0 Å². The summed E-state index contributed by atoms with van der Waals surface area (Å²) in [6.07, 6.45) is -2.61. The standard InChI is InChI=1S/C11H10BrClF2O/c12-5-7-2-1-3-9(11(14)15)10(7)4-8(16)6-13/h1-3,11H,4-6H2. The Hall–Kier alpha value is -0.480. The number of alkyl halides is 4. The summed E-state index contributed by atoms with van der Waals surface area (Å²) in [5, 5.41) is 0.443. The molecular weight excluding hydrogens is 301 g/mol. The Balaban J connectivity index is 3.14. The molecule has 0 radical (unpaired) electrons. The van der Waals surface area contributed by atoms with E-state index >= 15 is 0 Å². The molecule has 0 atom stereocenters. The van der Waals surface area contributed by atoms with Crippen LogP contribution in [0.15, 0.2) is 18.2 Å². The van der Waals surface area contributed by atoms with E-state index in [1.165, 1.54) is 6.07 Å². The SMILES string of the molecule is O=C(CCl)Cc1c(CBr)cccc1C(F)F. The number of hydrogen-bond acceptors (Lipinski definition) is 1. The fourth-order valence-electron chi connectivity index (χ4n) is 1.44. The molecule has 0 heterocycles. The van der Waals surface area contributed by atoms with E-state index in [2.05, 4.69) is 15.9 Å². The van der Waals surface area contributed by atoms with Gasteiger partial charge in [0.15, 0.2) is 5.78 Å². The summed E-state index contributed by atoms with van der Waals surface area (Å²) in [5.41, 5.74) is 1.01. The van der Waals surface area contributed by atoms with Gasteiger partial charge in [-0.05, 0) is 11.1 Å². The van der Waals surface area contributed by atoms with Gasteiger partial charge in [0.2, 0.25) is 0 Å². The summed E-state index contributed by atoms with van der Waals surface area (Å²) in [5.74, 6) is -0.406. The van der Waals surface area contributed by atoms with E-state index in [4.69, 9.17) is 11.6 Å². The highest BCUT2D eigenvalue weighted by atomic mass is 79.9. The molecule has 0 aliphatic carbocycles. The molecule has 0 bridgehead atoms. The van der Waals surface area contributed by atoms with Crippen LogP contribution in [0.2, 0.25) is 0 Å². The summed E-state index contributed by atoms with van der Waals surface area (Å²) in [7, 11) is 0. The predicted molar refractivity (Wildman–Crippen MR) is 63.5 cm³/mol. The zero-order chi connectivity index (χ0) is 12.1. The molecule has 1 aromatic rings. The van der Waals surface area contributed by atoms with Gasteiger partial charge in [-0.2, -0.15) is 0 Å². The van der Waals surface area contributed by atoms with Gasteiger partial charge in [-0.1, -0.05) is 34.1 Å². The van der Waals surface area contributed by atoms with E-state index < -0.39 is 6.43 Å². The Morgan fingerprint density at radius 3 is 2.62 bits per heavy atom. The van der Waals surface area contributed by atoms with Gasteiger partial charge < -0.3 is 0 Å². The second-order valence-electron chi connectivity index (χ2n) is 3.27. The van der Waals surface area contributed by atoms with Crippen molar-refractivity contribution in [2.75, 3.05) is 5.88 Å². The lowest BCUT2D eigenvalue weighted by Gasteiger charge is -2.11. The number of benzene rings is 1. The Morgan fingerprint density at radius 2 is 2.12 bits per heavy atom. The van der Waals surface area contributed by atoms with Crippen LogP contribution in [0.1, 0.15) is 23.1 Å². The van der Waals surface area contributed by atoms with Crippen LogP contribution in [-0.4, -0.2) is 11.7 Å². The molecule has 0 unspecified atom stereocenters. The smallest absolute Gasteiger partial charge is 0.264 e. The fourth-order valence-corrected chi connectivity index (χ4v) is 2.06. The number of halogens is 4. The van der Waals surface area contributed by atoms with Crippen LogP contribution in [0.3, 0.4) is 0 Å². The first-order chi connectivity index (χ1) is 7.60. The lowest BCUT2D eigenvalue weighted by molar-refractivity contribution is -0.116. The monoisotopic (exact) mass is 310 g/mol. The van der Waals surface area contributed by atoms with Crippen LogP contribution in [0.4, 0.5) is 8.78 Å². The minimum absolute atomic E-state index is 0.0368. The van der Waals surface area contributed by atoms with Gasteiger partial charge in [-0.3, -0.25) is 4.79 Å². The number of hydrogen-bond donors (Lipinski definition) is 0. The maximum absolute atomic E-state index is 12.7. The number of Topliss-reactive ketones (excluding diaryl/α,β-unsaturated/α-hetero) is 1. The topological polar surface area (TPSA) is 17.1 Å². The van der Waals surface area contributed by atoms with E-state index in [-0.39, 0.29) is 23.6 Å². The van der Waals surface area contributed by atoms with Crippen LogP contribution in [0.25, 0.3) is 0 Å². The third-order valence-electron chi connectivity index (χ3n) is 2.21. The van der Waals surface area contributed by atoms with E-state index in [0.717, 1.165) is 0 Å². The van der Waals surface area contributed by atoms with E-state index in [1.54, 1.807) is 12.1 Å². The van der Waals surface area contributed by atoms with E-state index in [1.807, 2.05) is 0 Å². The predicted octanol–water partition coefficient (Wildman–Crippen LogP) is 3.87. The van der Waals surface area contributed by atoms with E-state index in [9.17, 15) is 13.6 Å². The fraction of sp³-hybridized carbons (Fsp3) is 0.364. The number of rotatable bonds is 5. The van der Waals surface area contributed by atoms with Crippen molar-refractivity contribution in [2.45, 2.75) is 18.2 Å². The Morgan fingerprint density at radius 1 is 1.44 bits per heavy atom. The number of ketones is 1. The summed E-state index contributed by atoms with van der Waals surface area (Å²) in [4.78, 5) is 11.2. The molecule has 88 valence electrons. The molecule has 0 saturated carbocycles. The molecule has 0 fully saturated rings. The molecule has 5 heteroatoms. The second-order valence-corrected chi connectivity index (χ2v) is 4.10. The maximum atomic E-state index is 12.7. The maximum Gasteiger partial charge on any atom is 0.264 e. The zero-order valence-electron chi connectivity index (χ0n) is 8.35. The third-order valence-corrected chi connectivity index (χ3v) is 3.11. The zero-order valence-corrected chi connectivity index (χ0v) is 10.7. The Bertz CT molecular complexity index is 382. The molecular formula is C11H10BrClF2O. The molecule has 0 N–H and O–H groups in total. The highest BCUT2D eigenvalue weighted by molar-refractivity contribution is 9.08. The van der Waals surface area contributed by atoms with Gasteiger partial charge in [-0.25, -0.2) is 8.78 Å². The second kappa shape index (κ2) is 6.30. The van der Waals surface area contributed by atoms with Crippen LogP contribution in [0.5, 0.6) is 0 Å². The molecule has 0 aromatic heterocycles. The Labute approximate surface area is 106 Å². The first-order valence-electron chi connectivity index (χ1n) is 4.62. The molecule has 0 aliphatic heterocycles. The first-order valence-corrected chi connectivity index (χ1v) is 6.28. The lowest BCUT2D eigenvalue weighted by Crippen LogP contribution is -2.09. The largest absolute Gasteiger partial charge is 0.298 e. The summed E-state index contributed by atoms with van der Waals surface area (Å²) in [6, 6.07) is 4.62. The van der Waals surface area contributed by atoms with Crippen molar-refractivity contribution in [1.29, 1.82) is 0 Å². The van der Waals surface area contributed by atoms with Crippen molar-refractivity contribution in [3.8, 4) is 0 Å². The molecule has 0 amide bonds. The quantitative estimate of drug-likeness (QED) is 0.755. The molecule has 0 aliphatic rings. The average molecular weight is 312 g/mol. The minimum Gasteiger partial charge on any atom is -0.298 e. The highest BCUT2D eigenvalue weighted by Gasteiger charge is 2.17. The van der Waals surface area contributed by atoms with Gasteiger partial charge in [0.05, 0.1) is 5.88 Å². The van der Waals surface area contributed by atoms with Crippen LogP contribution in [-0.2, 0) is 16.5 Å². The van der Waals surface area contributed by atoms with Crippen molar-refractivity contribution in [3.63, 3.8) is 0 Å². The minimum atomic E-state index is -2.57. The average Bonchev–Trinajstić information content (AvgIpc) is 2.28. The number of carbonyl (C=O) groups is 1. The van der Waals surface area contributed by atoms with Gasteiger partial charge in [0.25, 0.3) is 6.43 Å². The van der Waals surface area contributed by atoms with E-state index in [0.29, 0.717) is 16.5 Å². The number of carbonyl (C=O) groups excluding carboxylic acids is 1. The summed E-state index contributed by atoms with van der Waals surface area (Å²) in [6.45, 7) is 0. The van der Waals surface area contributed by atoms with Crippen LogP contribution >= 0.6 is 27.5 Å². The van der Waals surface area contributed by atoms with Gasteiger partial charge in [-0.15, -0.1) is 11.6 Å². The summed E-state index contributed by atoms with van der Waals surface area (Å²) >= 11 is 8.59. The van der Waals surface area contributed by atoms with Crippen LogP contribution in [0, 0.1) is 0 Å².